The highest BCUT2D eigenvalue weighted by Gasteiger charge is 2.08. The molecule has 0 aromatic carbocycles. The van der Waals surface area contributed by atoms with Crippen LogP contribution in [0.2, 0.25) is 0 Å². The van der Waals surface area contributed by atoms with Crippen molar-refractivity contribution in [1.82, 2.24) is 9.55 Å². The van der Waals surface area contributed by atoms with Crippen LogP contribution in [-0.2, 0) is 13.1 Å². The van der Waals surface area contributed by atoms with Gasteiger partial charge in [-0.15, -0.1) is 0 Å². The summed E-state index contributed by atoms with van der Waals surface area (Å²) in [6.07, 6.45) is -1.60. The molecule has 0 fully saturated rings. The summed E-state index contributed by atoms with van der Waals surface area (Å²) < 4.78 is 24.6. The Labute approximate surface area is 77.2 Å². The highest BCUT2D eigenvalue weighted by molar-refractivity contribution is 5.03. The Balaban J connectivity index is 3.18. The van der Waals surface area contributed by atoms with Crippen LogP contribution < -0.4 is 17.0 Å². The summed E-state index contributed by atoms with van der Waals surface area (Å²) in [5.74, 6) is 0. The molecule has 0 atom stereocenters. The van der Waals surface area contributed by atoms with Gasteiger partial charge in [0, 0.05) is 18.3 Å². The maximum Gasteiger partial charge on any atom is 0.328 e. The van der Waals surface area contributed by atoms with Crippen molar-refractivity contribution < 1.29 is 8.78 Å². The topological polar surface area (TPSA) is 80.9 Å². The first-order valence-electron chi connectivity index (χ1n) is 3.85. The van der Waals surface area contributed by atoms with E-state index in [1.165, 1.54) is 0 Å². The molecule has 0 saturated heterocycles. The van der Waals surface area contributed by atoms with Gasteiger partial charge in [-0.3, -0.25) is 14.3 Å². The maximum absolute atomic E-state index is 12.0. The van der Waals surface area contributed by atoms with Crippen molar-refractivity contribution in [3.05, 3.63) is 32.6 Å². The van der Waals surface area contributed by atoms with Crippen molar-refractivity contribution in [1.29, 1.82) is 0 Å². The Kier molecular flexibility index (Phi) is 3.13. The second-order valence-corrected chi connectivity index (χ2v) is 2.66. The minimum Gasteiger partial charge on any atom is -0.326 e. The zero-order valence-electron chi connectivity index (χ0n) is 7.17. The summed E-state index contributed by atoms with van der Waals surface area (Å²) >= 11 is 0. The van der Waals surface area contributed by atoms with E-state index in [1.54, 1.807) is 0 Å². The van der Waals surface area contributed by atoms with Crippen LogP contribution in [0.25, 0.3) is 0 Å². The number of halogens is 2. The predicted molar refractivity (Wildman–Crippen MR) is 45.2 cm³/mol. The number of nitrogens with zero attached hydrogens (tertiary/aromatic N) is 1. The van der Waals surface area contributed by atoms with Gasteiger partial charge in [-0.2, -0.15) is 0 Å². The number of H-pyrrole nitrogens is 1. The lowest BCUT2D eigenvalue weighted by molar-refractivity contribution is 0.124. The fourth-order valence-corrected chi connectivity index (χ4v) is 0.984. The molecule has 0 saturated carbocycles. The molecule has 3 N–H and O–H groups in total. The van der Waals surface area contributed by atoms with E-state index in [2.05, 4.69) is 0 Å². The molecule has 7 heteroatoms. The second kappa shape index (κ2) is 4.14. The van der Waals surface area contributed by atoms with E-state index in [-0.39, 0.29) is 12.1 Å². The quantitative estimate of drug-likeness (QED) is 0.682. The number of hydrogen-bond acceptors (Lipinski definition) is 3. The van der Waals surface area contributed by atoms with Crippen LogP contribution in [0, 0.1) is 0 Å². The lowest BCUT2D eigenvalue weighted by Gasteiger charge is -2.04. The van der Waals surface area contributed by atoms with E-state index in [0.717, 1.165) is 10.8 Å². The summed E-state index contributed by atoms with van der Waals surface area (Å²) in [7, 11) is 0. The van der Waals surface area contributed by atoms with Crippen LogP contribution in [0.4, 0.5) is 8.78 Å². The van der Waals surface area contributed by atoms with Crippen LogP contribution in [0.3, 0.4) is 0 Å². The summed E-state index contributed by atoms with van der Waals surface area (Å²) in [4.78, 5) is 23.9. The molecule has 0 unspecified atom stereocenters. The van der Waals surface area contributed by atoms with Gasteiger partial charge in [0.25, 0.3) is 12.0 Å². The molecular formula is C7H9F2N3O2. The molecule has 1 heterocycles. The normalized spacial score (nSPS) is 10.9. The Morgan fingerprint density at radius 2 is 2.14 bits per heavy atom. The third kappa shape index (κ3) is 2.25. The van der Waals surface area contributed by atoms with Gasteiger partial charge in [0.2, 0.25) is 0 Å². The number of rotatable bonds is 3. The van der Waals surface area contributed by atoms with Crippen LogP contribution in [-0.4, -0.2) is 16.0 Å². The zero-order valence-corrected chi connectivity index (χ0v) is 7.17. The van der Waals surface area contributed by atoms with Crippen molar-refractivity contribution in [2.75, 3.05) is 0 Å². The van der Waals surface area contributed by atoms with Crippen LogP contribution in [0.1, 0.15) is 5.56 Å². The molecule has 0 bridgehead atoms. The van der Waals surface area contributed by atoms with Crippen LogP contribution in [0.15, 0.2) is 15.8 Å². The predicted octanol–water partition coefficient (Wildman–Crippen LogP) is -0.740. The number of aromatic amines is 1. The van der Waals surface area contributed by atoms with Gasteiger partial charge >= 0.3 is 5.69 Å². The number of nitrogens with one attached hydrogen (secondary N) is 1. The highest BCUT2D eigenvalue weighted by Crippen LogP contribution is 1.95. The van der Waals surface area contributed by atoms with Gasteiger partial charge in [0.1, 0.15) is 0 Å². The second-order valence-electron chi connectivity index (χ2n) is 2.66. The average Bonchev–Trinajstić information content (AvgIpc) is 2.09. The summed E-state index contributed by atoms with van der Waals surface area (Å²) in [6, 6.07) is 0. The Morgan fingerprint density at radius 1 is 1.50 bits per heavy atom. The molecular weight excluding hydrogens is 196 g/mol. The van der Waals surface area contributed by atoms with Crippen molar-refractivity contribution in [3.63, 3.8) is 0 Å². The zero-order chi connectivity index (χ0) is 10.7. The molecule has 0 aliphatic heterocycles. The summed E-state index contributed by atoms with van der Waals surface area (Å²) in [5, 5.41) is 0. The number of aromatic nitrogens is 2. The molecule has 5 nitrogen and oxygen atoms in total. The van der Waals surface area contributed by atoms with E-state index in [9.17, 15) is 18.4 Å². The monoisotopic (exact) mass is 205 g/mol. The Morgan fingerprint density at radius 3 is 2.64 bits per heavy atom. The third-order valence-electron chi connectivity index (χ3n) is 1.64. The van der Waals surface area contributed by atoms with Crippen LogP contribution in [0.5, 0.6) is 0 Å². The maximum atomic E-state index is 12.0. The summed E-state index contributed by atoms with van der Waals surface area (Å²) in [5.41, 5.74) is 3.79. The average molecular weight is 205 g/mol. The lowest BCUT2D eigenvalue weighted by Crippen LogP contribution is -2.33. The van der Waals surface area contributed by atoms with Gasteiger partial charge in [0.05, 0.1) is 6.54 Å². The van der Waals surface area contributed by atoms with Gasteiger partial charge < -0.3 is 5.73 Å². The van der Waals surface area contributed by atoms with Gasteiger partial charge in [-0.25, -0.2) is 13.6 Å². The van der Waals surface area contributed by atoms with Gasteiger partial charge in [-0.05, 0) is 0 Å². The first-order chi connectivity index (χ1) is 6.54. The molecule has 1 rings (SSSR count). The minimum atomic E-state index is -2.65. The molecule has 1 aromatic heterocycles. The third-order valence-corrected chi connectivity index (χ3v) is 1.64. The standard InChI is InChI=1S/C7H9F2N3O2/c8-5(9)3-12-2-4(1-10)6(13)11-7(12)14/h2,5H,1,3,10H2,(H,11,13,14). The molecule has 0 spiro atoms. The molecule has 0 aliphatic rings. The Hall–Kier alpha value is -1.50. The van der Waals surface area contributed by atoms with E-state index < -0.39 is 24.2 Å². The first-order valence-corrected chi connectivity index (χ1v) is 3.85. The lowest BCUT2D eigenvalue weighted by atomic mass is 10.3. The molecule has 14 heavy (non-hydrogen) atoms. The first kappa shape index (κ1) is 10.6. The highest BCUT2D eigenvalue weighted by atomic mass is 19.3. The minimum absolute atomic E-state index is 0.0984. The number of nitrogens with two attached hydrogens (primary N) is 1. The molecule has 0 radical (unpaired) electrons. The SMILES string of the molecule is NCc1cn(CC(F)F)c(=O)[nH]c1=O. The molecule has 0 amide bonds. The number of alkyl halides is 2. The number of hydrogen-bond donors (Lipinski definition) is 2. The largest absolute Gasteiger partial charge is 0.328 e. The fourth-order valence-electron chi connectivity index (χ4n) is 0.984. The molecule has 78 valence electrons. The summed E-state index contributed by atoms with van der Waals surface area (Å²) in [6.45, 7) is -0.846. The van der Waals surface area contributed by atoms with Crippen LogP contribution >= 0.6 is 0 Å². The smallest absolute Gasteiger partial charge is 0.326 e. The van der Waals surface area contributed by atoms with E-state index in [4.69, 9.17) is 5.73 Å². The van der Waals surface area contributed by atoms with Gasteiger partial charge in [-0.1, -0.05) is 0 Å². The van der Waals surface area contributed by atoms with Gasteiger partial charge in [0.15, 0.2) is 0 Å². The molecule has 0 aliphatic carbocycles. The van der Waals surface area contributed by atoms with E-state index in [0.29, 0.717) is 0 Å². The van der Waals surface area contributed by atoms with E-state index in [1.807, 2.05) is 4.98 Å². The van der Waals surface area contributed by atoms with E-state index >= 15 is 0 Å². The Bertz CT molecular complexity index is 424. The van der Waals surface area contributed by atoms with Crippen molar-refractivity contribution >= 4 is 0 Å². The van der Waals surface area contributed by atoms with Crippen molar-refractivity contribution in [2.24, 2.45) is 5.73 Å². The fraction of sp³-hybridized carbons (Fsp3) is 0.429. The van der Waals surface area contributed by atoms with Crippen molar-refractivity contribution in [3.8, 4) is 0 Å². The van der Waals surface area contributed by atoms with Crippen molar-refractivity contribution in [2.45, 2.75) is 19.5 Å². The molecule has 1 aromatic rings.